The number of hydrogen-bond acceptors (Lipinski definition) is 2. The number of nitrogens with two attached hydrogens (primary N) is 1. The van der Waals surface area contributed by atoms with Crippen molar-refractivity contribution < 1.29 is 13.2 Å². The fourth-order valence-electron chi connectivity index (χ4n) is 2.66. The van der Waals surface area contributed by atoms with Crippen LogP contribution in [-0.4, -0.2) is 18.4 Å². The summed E-state index contributed by atoms with van der Waals surface area (Å²) in [4.78, 5) is 2.08. The number of alkyl halides is 3. The van der Waals surface area contributed by atoms with E-state index < -0.39 is 17.6 Å². The van der Waals surface area contributed by atoms with Gasteiger partial charge in [-0.1, -0.05) is 0 Å². The molecule has 1 unspecified atom stereocenters. The van der Waals surface area contributed by atoms with Crippen LogP contribution in [0, 0.1) is 5.41 Å². The molecule has 2 rings (SSSR count). The van der Waals surface area contributed by atoms with Gasteiger partial charge in [0.15, 0.2) is 0 Å². The van der Waals surface area contributed by atoms with Crippen molar-refractivity contribution in [3.63, 3.8) is 0 Å². The van der Waals surface area contributed by atoms with Crippen LogP contribution in [0.5, 0.6) is 0 Å². The first-order chi connectivity index (χ1) is 9.30. The molecule has 1 heterocycles. The van der Waals surface area contributed by atoms with Crippen LogP contribution in [0.4, 0.5) is 18.9 Å². The molecule has 0 bridgehead atoms. The molecule has 1 aliphatic rings. The number of piperidine rings is 1. The monoisotopic (exact) mass is 285 g/mol. The average molecular weight is 285 g/mol. The molecule has 6 heteroatoms. The van der Waals surface area contributed by atoms with E-state index in [4.69, 9.17) is 11.1 Å². The first-order valence-electron chi connectivity index (χ1n) is 6.63. The second-order valence-corrected chi connectivity index (χ2v) is 5.18. The molecule has 0 aliphatic carbocycles. The predicted molar refractivity (Wildman–Crippen MR) is 73.1 cm³/mol. The molecule has 1 aromatic carbocycles. The fraction of sp³-hybridized carbons (Fsp3) is 0.500. The van der Waals surface area contributed by atoms with E-state index in [0.29, 0.717) is 11.7 Å². The zero-order valence-corrected chi connectivity index (χ0v) is 11.3. The van der Waals surface area contributed by atoms with E-state index in [-0.39, 0.29) is 5.56 Å². The number of halogens is 3. The summed E-state index contributed by atoms with van der Waals surface area (Å²) in [7, 11) is 0. The number of nitrogen functional groups attached to an aromatic ring is 1. The highest BCUT2D eigenvalue weighted by Gasteiger charge is 2.34. The normalized spacial score (nSPS) is 20.0. The highest BCUT2D eigenvalue weighted by molar-refractivity contribution is 5.97. The molecule has 3 nitrogen and oxygen atoms in total. The van der Waals surface area contributed by atoms with Crippen LogP contribution in [0.15, 0.2) is 18.2 Å². The van der Waals surface area contributed by atoms with Gasteiger partial charge in [-0.25, -0.2) is 0 Å². The number of anilines is 1. The van der Waals surface area contributed by atoms with Gasteiger partial charge in [0.25, 0.3) is 0 Å². The Morgan fingerprint density at radius 2 is 2.05 bits per heavy atom. The second-order valence-electron chi connectivity index (χ2n) is 5.18. The molecule has 1 fully saturated rings. The van der Waals surface area contributed by atoms with Crippen molar-refractivity contribution in [2.45, 2.75) is 38.4 Å². The summed E-state index contributed by atoms with van der Waals surface area (Å²) in [6.45, 7) is 2.88. The Bertz CT molecular complexity index is 511. The van der Waals surface area contributed by atoms with Crippen molar-refractivity contribution in [1.82, 2.24) is 0 Å². The summed E-state index contributed by atoms with van der Waals surface area (Å²) in [6.07, 6.45) is -1.30. The summed E-state index contributed by atoms with van der Waals surface area (Å²) in [6, 6.07) is 4.16. The topological polar surface area (TPSA) is 53.1 Å². The van der Waals surface area contributed by atoms with Gasteiger partial charge in [-0.2, -0.15) is 13.2 Å². The minimum Gasteiger partial charge on any atom is -0.384 e. The third kappa shape index (κ3) is 2.89. The molecule has 110 valence electrons. The summed E-state index contributed by atoms with van der Waals surface area (Å²) in [5, 5.41) is 7.38. The van der Waals surface area contributed by atoms with Crippen molar-refractivity contribution in [1.29, 1.82) is 5.41 Å². The van der Waals surface area contributed by atoms with Crippen molar-refractivity contribution in [3.8, 4) is 0 Å². The molecule has 3 N–H and O–H groups in total. The Morgan fingerprint density at radius 3 is 2.60 bits per heavy atom. The van der Waals surface area contributed by atoms with Gasteiger partial charge in [0.1, 0.15) is 5.84 Å². The van der Waals surface area contributed by atoms with Gasteiger partial charge in [-0.3, -0.25) is 5.41 Å². The largest absolute Gasteiger partial charge is 0.417 e. The zero-order chi connectivity index (χ0) is 14.9. The Morgan fingerprint density at radius 1 is 1.35 bits per heavy atom. The summed E-state index contributed by atoms with van der Waals surface area (Å²) < 4.78 is 38.7. The van der Waals surface area contributed by atoms with Crippen LogP contribution in [0.25, 0.3) is 0 Å². The van der Waals surface area contributed by atoms with Gasteiger partial charge in [-0.15, -0.1) is 0 Å². The molecule has 0 aromatic heterocycles. The van der Waals surface area contributed by atoms with Crippen molar-refractivity contribution in [3.05, 3.63) is 29.3 Å². The summed E-state index contributed by atoms with van der Waals surface area (Å²) >= 11 is 0. The van der Waals surface area contributed by atoms with Crippen molar-refractivity contribution in [2.75, 3.05) is 11.4 Å². The smallest absolute Gasteiger partial charge is 0.384 e. The molecule has 0 radical (unpaired) electrons. The number of rotatable bonds is 2. The lowest BCUT2D eigenvalue weighted by atomic mass is 10.00. The van der Waals surface area contributed by atoms with E-state index in [1.807, 2.05) is 0 Å². The Kier molecular flexibility index (Phi) is 3.92. The molecule has 0 saturated carbocycles. The quantitative estimate of drug-likeness (QED) is 0.646. The maximum absolute atomic E-state index is 12.9. The summed E-state index contributed by atoms with van der Waals surface area (Å²) in [5.74, 6) is -0.552. The van der Waals surface area contributed by atoms with E-state index in [9.17, 15) is 13.2 Å². The van der Waals surface area contributed by atoms with Gasteiger partial charge >= 0.3 is 6.18 Å². The average Bonchev–Trinajstić information content (AvgIpc) is 2.37. The second kappa shape index (κ2) is 5.34. The van der Waals surface area contributed by atoms with Gasteiger partial charge < -0.3 is 10.6 Å². The van der Waals surface area contributed by atoms with Crippen LogP contribution in [0.2, 0.25) is 0 Å². The number of nitrogens with zero attached hydrogens (tertiary/aromatic N) is 1. The first kappa shape index (κ1) is 14.7. The van der Waals surface area contributed by atoms with Crippen molar-refractivity contribution in [2.24, 2.45) is 5.73 Å². The Hall–Kier alpha value is -1.72. The molecule has 20 heavy (non-hydrogen) atoms. The highest BCUT2D eigenvalue weighted by atomic mass is 19.4. The minimum atomic E-state index is -4.49. The standard InChI is InChI=1S/C14H18F3N3/c1-9-4-2-3-7-20(9)10-5-6-12(14(15,16)17)11(8-10)13(18)19/h5-6,8-9H,2-4,7H2,1H3,(H3,18,19). The third-order valence-electron chi connectivity index (χ3n) is 3.73. The van der Waals surface area contributed by atoms with Crippen LogP contribution in [0.1, 0.15) is 37.3 Å². The van der Waals surface area contributed by atoms with E-state index in [0.717, 1.165) is 31.9 Å². The number of hydrogen-bond donors (Lipinski definition) is 2. The fourth-order valence-corrected chi connectivity index (χ4v) is 2.66. The molecule has 1 atom stereocenters. The zero-order valence-electron chi connectivity index (χ0n) is 11.3. The predicted octanol–water partition coefficient (Wildman–Crippen LogP) is 3.37. The van der Waals surface area contributed by atoms with E-state index in [1.165, 1.54) is 12.1 Å². The lowest BCUT2D eigenvalue weighted by Gasteiger charge is -2.35. The van der Waals surface area contributed by atoms with Gasteiger partial charge in [0, 0.05) is 23.8 Å². The lowest BCUT2D eigenvalue weighted by molar-refractivity contribution is -0.137. The number of benzene rings is 1. The van der Waals surface area contributed by atoms with Gasteiger partial charge in [0.05, 0.1) is 5.56 Å². The third-order valence-corrected chi connectivity index (χ3v) is 3.73. The molecular formula is C14H18F3N3. The van der Waals surface area contributed by atoms with Gasteiger partial charge in [0.2, 0.25) is 0 Å². The summed E-state index contributed by atoms with van der Waals surface area (Å²) in [5.41, 5.74) is 4.92. The first-order valence-corrected chi connectivity index (χ1v) is 6.63. The molecular weight excluding hydrogens is 267 g/mol. The minimum absolute atomic E-state index is 0.243. The van der Waals surface area contributed by atoms with Gasteiger partial charge in [-0.05, 0) is 44.4 Å². The van der Waals surface area contributed by atoms with Crippen molar-refractivity contribution >= 4 is 11.5 Å². The van der Waals surface area contributed by atoms with Crippen LogP contribution in [0.3, 0.4) is 0 Å². The maximum atomic E-state index is 12.9. The van der Waals surface area contributed by atoms with Crippen LogP contribution in [-0.2, 0) is 6.18 Å². The molecule has 1 saturated heterocycles. The Balaban J connectivity index is 2.42. The number of nitrogens with one attached hydrogen (secondary N) is 1. The van der Waals surface area contributed by atoms with E-state index >= 15 is 0 Å². The van der Waals surface area contributed by atoms with E-state index in [2.05, 4.69) is 11.8 Å². The molecule has 1 aromatic rings. The Labute approximate surface area is 116 Å². The van der Waals surface area contributed by atoms with Crippen LogP contribution >= 0.6 is 0 Å². The molecule has 1 aliphatic heterocycles. The van der Waals surface area contributed by atoms with E-state index in [1.54, 1.807) is 0 Å². The lowest BCUT2D eigenvalue weighted by Crippen LogP contribution is -2.37. The molecule has 0 spiro atoms. The highest BCUT2D eigenvalue weighted by Crippen LogP contribution is 2.35. The van der Waals surface area contributed by atoms with Crippen LogP contribution < -0.4 is 10.6 Å². The SMILES string of the molecule is CC1CCCCN1c1ccc(C(F)(F)F)c(C(=N)N)c1. The maximum Gasteiger partial charge on any atom is 0.417 e. The number of amidine groups is 1. The molecule has 0 amide bonds.